The molecule has 0 aliphatic heterocycles. The minimum Gasteiger partial charge on any atom is -0.368 e. The van der Waals surface area contributed by atoms with Gasteiger partial charge in [0.1, 0.15) is 0 Å². The van der Waals surface area contributed by atoms with Crippen molar-refractivity contribution >= 4 is 46.1 Å². The first-order chi connectivity index (χ1) is 8.52. The standard InChI is InChI=1S/C14H22N4.2BrH/c1-11(2)18(12(3)4)14(15)17-16-10-13-8-6-5-7-9-13;;/h5-12H,1-4H3,(H2,15,17);2*1H. The number of guanidine groups is 1. The third kappa shape index (κ3) is 7.05. The third-order valence-corrected chi connectivity index (χ3v) is 2.54. The molecule has 6 heteroatoms. The summed E-state index contributed by atoms with van der Waals surface area (Å²) in [5, 5.41) is 8.08. The van der Waals surface area contributed by atoms with E-state index in [0.717, 1.165) is 5.56 Å². The van der Waals surface area contributed by atoms with Gasteiger partial charge in [0, 0.05) is 12.1 Å². The normalized spacial score (nSPS) is 11.4. The molecule has 0 atom stereocenters. The third-order valence-electron chi connectivity index (χ3n) is 2.54. The first-order valence-electron chi connectivity index (χ1n) is 6.22. The van der Waals surface area contributed by atoms with Crippen molar-refractivity contribution in [3.05, 3.63) is 35.9 Å². The zero-order valence-corrected chi connectivity index (χ0v) is 15.8. The van der Waals surface area contributed by atoms with Gasteiger partial charge in [0.2, 0.25) is 5.96 Å². The molecule has 0 saturated carbocycles. The monoisotopic (exact) mass is 406 g/mol. The van der Waals surface area contributed by atoms with Gasteiger partial charge in [-0.3, -0.25) is 0 Å². The van der Waals surface area contributed by atoms with E-state index in [4.69, 9.17) is 5.73 Å². The number of hydrogen-bond donors (Lipinski definition) is 1. The van der Waals surface area contributed by atoms with E-state index in [1.807, 2.05) is 35.2 Å². The van der Waals surface area contributed by atoms with E-state index in [-0.39, 0.29) is 34.0 Å². The molecule has 0 radical (unpaired) electrons. The summed E-state index contributed by atoms with van der Waals surface area (Å²) in [5.74, 6) is 0.451. The SMILES string of the molecule is Br.Br.CC(C)N(C(N)=NN=Cc1ccccc1)C(C)C. The Labute approximate surface area is 142 Å². The van der Waals surface area contributed by atoms with Crippen LogP contribution in [0.3, 0.4) is 0 Å². The van der Waals surface area contributed by atoms with Crippen molar-refractivity contribution in [1.29, 1.82) is 0 Å². The molecule has 1 aromatic carbocycles. The van der Waals surface area contributed by atoms with E-state index in [1.54, 1.807) is 6.21 Å². The number of hydrogen-bond acceptors (Lipinski definition) is 2. The highest BCUT2D eigenvalue weighted by molar-refractivity contribution is 8.93. The lowest BCUT2D eigenvalue weighted by Gasteiger charge is -2.30. The van der Waals surface area contributed by atoms with Crippen LogP contribution >= 0.6 is 34.0 Å². The van der Waals surface area contributed by atoms with Crippen LogP contribution in [0, 0.1) is 0 Å². The molecule has 0 saturated heterocycles. The number of nitrogens with two attached hydrogens (primary N) is 1. The van der Waals surface area contributed by atoms with Gasteiger partial charge in [-0.2, -0.15) is 5.10 Å². The summed E-state index contributed by atoms with van der Waals surface area (Å²) >= 11 is 0. The fourth-order valence-corrected chi connectivity index (χ4v) is 1.87. The summed E-state index contributed by atoms with van der Waals surface area (Å²) in [7, 11) is 0. The maximum absolute atomic E-state index is 5.95. The van der Waals surface area contributed by atoms with Crippen molar-refractivity contribution in [2.75, 3.05) is 0 Å². The lowest BCUT2D eigenvalue weighted by atomic mass is 10.2. The van der Waals surface area contributed by atoms with E-state index in [2.05, 4.69) is 37.9 Å². The van der Waals surface area contributed by atoms with E-state index >= 15 is 0 Å². The Kier molecular flexibility index (Phi) is 11.6. The molecule has 2 N–H and O–H groups in total. The summed E-state index contributed by atoms with van der Waals surface area (Å²) in [6, 6.07) is 10.4. The van der Waals surface area contributed by atoms with Crippen LogP contribution in [0.15, 0.2) is 40.5 Å². The Hall–Kier alpha value is -0.880. The molecular formula is C14H24Br2N4. The van der Waals surface area contributed by atoms with Crippen molar-refractivity contribution in [3.8, 4) is 0 Å². The van der Waals surface area contributed by atoms with Gasteiger partial charge in [0.25, 0.3) is 0 Å². The Balaban J connectivity index is 0. The largest absolute Gasteiger partial charge is 0.368 e. The average molecular weight is 408 g/mol. The maximum Gasteiger partial charge on any atom is 0.216 e. The second kappa shape index (κ2) is 10.9. The number of benzene rings is 1. The summed E-state index contributed by atoms with van der Waals surface area (Å²) in [6.45, 7) is 8.35. The molecule has 0 bridgehead atoms. The highest BCUT2D eigenvalue weighted by atomic mass is 79.9. The van der Waals surface area contributed by atoms with Crippen LogP contribution in [-0.4, -0.2) is 29.2 Å². The van der Waals surface area contributed by atoms with Crippen LogP contribution in [0.25, 0.3) is 0 Å². The van der Waals surface area contributed by atoms with E-state index < -0.39 is 0 Å². The molecular weight excluding hydrogens is 384 g/mol. The summed E-state index contributed by atoms with van der Waals surface area (Å²) in [5.41, 5.74) is 6.96. The summed E-state index contributed by atoms with van der Waals surface area (Å²) in [4.78, 5) is 2.03. The van der Waals surface area contributed by atoms with Crippen LogP contribution in [-0.2, 0) is 0 Å². The summed E-state index contributed by atoms with van der Waals surface area (Å²) in [6.07, 6.45) is 1.70. The molecule has 4 nitrogen and oxygen atoms in total. The van der Waals surface area contributed by atoms with Gasteiger partial charge >= 0.3 is 0 Å². The molecule has 0 fully saturated rings. The van der Waals surface area contributed by atoms with Crippen molar-refractivity contribution in [2.24, 2.45) is 15.9 Å². The van der Waals surface area contributed by atoms with E-state index in [9.17, 15) is 0 Å². The van der Waals surface area contributed by atoms with Gasteiger partial charge in [-0.1, -0.05) is 30.3 Å². The smallest absolute Gasteiger partial charge is 0.216 e. The molecule has 0 unspecified atom stereocenters. The van der Waals surface area contributed by atoms with Gasteiger partial charge in [-0.05, 0) is 33.3 Å². The average Bonchev–Trinajstić information content (AvgIpc) is 2.29. The zero-order valence-electron chi connectivity index (χ0n) is 12.4. The number of halogens is 2. The van der Waals surface area contributed by atoms with Crippen LogP contribution in [0.2, 0.25) is 0 Å². The highest BCUT2D eigenvalue weighted by Crippen LogP contribution is 2.04. The highest BCUT2D eigenvalue weighted by Gasteiger charge is 2.15. The van der Waals surface area contributed by atoms with Crippen molar-refractivity contribution < 1.29 is 0 Å². The first kappa shape index (κ1) is 21.4. The second-order valence-electron chi connectivity index (χ2n) is 4.71. The molecule has 20 heavy (non-hydrogen) atoms. The fourth-order valence-electron chi connectivity index (χ4n) is 1.87. The maximum atomic E-state index is 5.95. The Bertz CT molecular complexity index is 408. The Morgan fingerprint density at radius 2 is 1.55 bits per heavy atom. The van der Waals surface area contributed by atoms with Crippen molar-refractivity contribution in [2.45, 2.75) is 39.8 Å². The fraction of sp³-hybridized carbons (Fsp3) is 0.429. The lowest BCUT2D eigenvalue weighted by Crippen LogP contribution is -2.46. The molecule has 1 aromatic rings. The molecule has 0 aliphatic carbocycles. The summed E-state index contributed by atoms with van der Waals surface area (Å²) < 4.78 is 0. The molecule has 0 spiro atoms. The van der Waals surface area contributed by atoms with Crippen LogP contribution < -0.4 is 5.73 Å². The molecule has 0 aliphatic rings. The van der Waals surface area contributed by atoms with Gasteiger partial charge in [0.15, 0.2) is 0 Å². The van der Waals surface area contributed by atoms with E-state index in [1.165, 1.54) is 0 Å². The Morgan fingerprint density at radius 3 is 2.00 bits per heavy atom. The molecule has 1 rings (SSSR count). The van der Waals surface area contributed by atoms with Crippen LogP contribution in [0.5, 0.6) is 0 Å². The molecule has 114 valence electrons. The Morgan fingerprint density at radius 1 is 1.05 bits per heavy atom. The van der Waals surface area contributed by atoms with Crippen molar-refractivity contribution in [3.63, 3.8) is 0 Å². The zero-order chi connectivity index (χ0) is 13.5. The van der Waals surface area contributed by atoms with Gasteiger partial charge in [-0.15, -0.1) is 39.1 Å². The molecule has 0 aromatic heterocycles. The van der Waals surface area contributed by atoms with E-state index in [0.29, 0.717) is 18.0 Å². The quantitative estimate of drug-likeness (QED) is 0.470. The predicted octanol–water partition coefficient (Wildman–Crippen LogP) is 3.61. The minimum absolute atomic E-state index is 0. The lowest BCUT2D eigenvalue weighted by molar-refractivity contribution is 0.288. The van der Waals surface area contributed by atoms with Crippen molar-refractivity contribution in [1.82, 2.24) is 4.90 Å². The second-order valence-corrected chi connectivity index (χ2v) is 4.71. The molecule has 0 heterocycles. The minimum atomic E-state index is 0. The van der Waals surface area contributed by atoms with Crippen LogP contribution in [0.1, 0.15) is 33.3 Å². The predicted molar refractivity (Wildman–Crippen MR) is 98.4 cm³/mol. The number of rotatable bonds is 4. The van der Waals surface area contributed by atoms with Crippen LogP contribution in [0.4, 0.5) is 0 Å². The van der Waals surface area contributed by atoms with Gasteiger partial charge < -0.3 is 10.6 Å². The topological polar surface area (TPSA) is 54.0 Å². The number of nitrogens with zero attached hydrogens (tertiary/aromatic N) is 3. The first-order valence-corrected chi connectivity index (χ1v) is 6.22. The van der Waals surface area contributed by atoms with Gasteiger partial charge in [0.05, 0.1) is 6.21 Å². The van der Waals surface area contributed by atoms with Gasteiger partial charge in [-0.25, -0.2) is 0 Å². The molecule has 0 amide bonds.